The average Bonchev–Trinajstić information content (AvgIpc) is 3.02. The molecule has 1 N–H and O–H groups in total. The summed E-state index contributed by atoms with van der Waals surface area (Å²) < 4.78 is 79.9. The molecule has 10 heteroatoms. The van der Waals surface area contributed by atoms with E-state index in [9.17, 15) is 26.0 Å². The predicted octanol–water partition coefficient (Wildman–Crippen LogP) is 3.25. The molecule has 0 amide bonds. The minimum absolute atomic E-state index is 0.157. The zero-order chi connectivity index (χ0) is 20.5. The Balaban J connectivity index is 1.79. The predicted molar refractivity (Wildman–Crippen MR) is 93.8 cm³/mol. The van der Waals surface area contributed by atoms with E-state index in [-0.39, 0.29) is 18.7 Å². The van der Waals surface area contributed by atoms with Gasteiger partial charge in [-0.25, -0.2) is 17.5 Å². The zero-order valence-electron chi connectivity index (χ0n) is 14.8. The molecule has 2 unspecified atom stereocenters. The molecule has 2 aromatic carbocycles. The third-order valence-electron chi connectivity index (χ3n) is 4.51. The molecule has 1 saturated heterocycles. The van der Waals surface area contributed by atoms with Crippen molar-refractivity contribution in [1.82, 2.24) is 9.79 Å². The van der Waals surface area contributed by atoms with Crippen molar-refractivity contribution in [2.24, 2.45) is 0 Å². The van der Waals surface area contributed by atoms with Crippen LogP contribution < -0.4 is 4.72 Å². The van der Waals surface area contributed by atoms with Crippen molar-refractivity contribution in [2.75, 3.05) is 13.7 Å². The van der Waals surface area contributed by atoms with Gasteiger partial charge in [-0.2, -0.15) is 18.2 Å². The van der Waals surface area contributed by atoms with Crippen LogP contribution in [0.1, 0.15) is 22.7 Å². The number of benzene rings is 2. The maximum Gasteiger partial charge on any atom is 0.416 e. The second-order valence-corrected chi connectivity index (χ2v) is 8.43. The number of hydrogen-bond acceptors (Lipinski definition) is 4. The highest BCUT2D eigenvalue weighted by Crippen LogP contribution is 2.34. The van der Waals surface area contributed by atoms with E-state index in [2.05, 4.69) is 4.72 Å². The molecule has 0 aliphatic carbocycles. The molecular formula is C18H18F4N2O3S. The maximum absolute atomic E-state index is 13.6. The molecule has 0 bridgehead atoms. The molecule has 1 aliphatic heterocycles. The third-order valence-corrected chi connectivity index (χ3v) is 6.24. The second-order valence-electron chi connectivity index (χ2n) is 6.44. The van der Waals surface area contributed by atoms with Crippen LogP contribution in [0.4, 0.5) is 17.6 Å². The molecule has 0 radical (unpaired) electrons. The third kappa shape index (κ3) is 4.52. The number of hydroxylamine groups is 2. The first-order valence-corrected chi connectivity index (χ1v) is 9.88. The summed E-state index contributed by atoms with van der Waals surface area (Å²) >= 11 is 0. The summed E-state index contributed by atoms with van der Waals surface area (Å²) in [6.07, 6.45) is -4.51. The molecular weight excluding hydrogens is 400 g/mol. The number of nitrogens with zero attached hydrogens (tertiary/aromatic N) is 1. The van der Waals surface area contributed by atoms with Crippen molar-refractivity contribution in [3.8, 4) is 0 Å². The largest absolute Gasteiger partial charge is 0.416 e. The number of hydrogen-bond donors (Lipinski definition) is 1. The number of alkyl halides is 3. The summed E-state index contributed by atoms with van der Waals surface area (Å²) in [4.78, 5) is 5.32. The molecule has 1 heterocycles. The molecule has 2 aromatic rings. The number of halogens is 4. The SMILES string of the molecule is CN1OCC(S(=O)(=O)NCc2cccc(C(F)(F)F)c2)C1c1cccc(F)c1. The van der Waals surface area contributed by atoms with Crippen LogP contribution in [0.25, 0.3) is 0 Å². The van der Waals surface area contributed by atoms with Gasteiger partial charge in [-0.3, -0.25) is 4.84 Å². The molecule has 5 nitrogen and oxygen atoms in total. The first-order chi connectivity index (χ1) is 13.1. The van der Waals surface area contributed by atoms with Gasteiger partial charge in [0.15, 0.2) is 0 Å². The van der Waals surface area contributed by atoms with E-state index in [1.807, 2.05) is 0 Å². The van der Waals surface area contributed by atoms with Gasteiger partial charge < -0.3 is 0 Å². The van der Waals surface area contributed by atoms with E-state index in [4.69, 9.17) is 4.84 Å². The quantitative estimate of drug-likeness (QED) is 0.758. The lowest BCUT2D eigenvalue weighted by molar-refractivity contribution is -0.137. The average molecular weight is 418 g/mol. The summed E-state index contributed by atoms with van der Waals surface area (Å²) in [5.41, 5.74) is -0.256. The molecule has 0 saturated carbocycles. The standard InChI is InChI=1S/C18H18F4N2O3S/c1-24-17(13-5-3-7-15(19)9-13)16(11-27-24)28(25,26)23-10-12-4-2-6-14(8-12)18(20,21)22/h2-9,16-17,23H,10-11H2,1H3. The maximum atomic E-state index is 13.6. The molecule has 0 aromatic heterocycles. The van der Waals surface area contributed by atoms with Crippen molar-refractivity contribution in [3.05, 3.63) is 71.0 Å². The van der Waals surface area contributed by atoms with Crippen LogP contribution in [0.5, 0.6) is 0 Å². The first kappa shape index (κ1) is 20.7. The number of nitrogens with one attached hydrogen (secondary N) is 1. The van der Waals surface area contributed by atoms with Gasteiger partial charge in [0.25, 0.3) is 0 Å². The Kier molecular flexibility index (Phi) is 5.76. The summed E-state index contributed by atoms with van der Waals surface area (Å²) in [6.45, 7) is -0.460. The Morgan fingerprint density at radius 3 is 2.57 bits per heavy atom. The van der Waals surface area contributed by atoms with Crippen molar-refractivity contribution in [2.45, 2.75) is 24.0 Å². The van der Waals surface area contributed by atoms with Crippen LogP contribution in [0.15, 0.2) is 48.5 Å². The molecule has 3 rings (SSSR count). The van der Waals surface area contributed by atoms with Crippen LogP contribution in [0.2, 0.25) is 0 Å². The molecule has 28 heavy (non-hydrogen) atoms. The molecule has 0 spiro atoms. The normalized spacial score (nSPS) is 21.2. The van der Waals surface area contributed by atoms with E-state index in [0.717, 1.165) is 12.1 Å². The molecule has 152 valence electrons. The van der Waals surface area contributed by atoms with Crippen LogP contribution in [-0.4, -0.2) is 32.4 Å². The minimum atomic E-state index is -4.51. The summed E-state index contributed by atoms with van der Waals surface area (Å²) in [5, 5.41) is 0.285. The fourth-order valence-electron chi connectivity index (χ4n) is 3.12. The van der Waals surface area contributed by atoms with Crippen LogP contribution in [-0.2, 0) is 27.6 Å². The zero-order valence-corrected chi connectivity index (χ0v) is 15.6. The van der Waals surface area contributed by atoms with Crippen LogP contribution in [0.3, 0.4) is 0 Å². The van der Waals surface area contributed by atoms with Crippen molar-refractivity contribution < 1.29 is 30.8 Å². The lowest BCUT2D eigenvalue weighted by Gasteiger charge is -2.23. The van der Waals surface area contributed by atoms with Crippen molar-refractivity contribution in [1.29, 1.82) is 0 Å². The number of sulfonamides is 1. The Bertz CT molecular complexity index is 950. The monoisotopic (exact) mass is 418 g/mol. The van der Waals surface area contributed by atoms with Gasteiger partial charge in [0.2, 0.25) is 10.0 Å². The highest BCUT2D eigenvalue weighted by molar-refractivity contribution is 7.90. The highest BCUT2D eigenvalue weighted by Gasteiger charge is 2.43. The van der Waals surface area contributed by atoms with Crippen LogP contribution in [0, 0.1) is 5.82 Å². The van der Waals surface area contributed by atoms with E-state index < -0.39 is 38.9 Å². The fraction of sp³-hybridized carbons (Fsp3) is 0.333. The van der Waals surface area contributed by atoms with Gasteiger partial charge in [-0.15, -0.1) is 0 Å². The first-order valence-electron chi connectivity index (χ1n) is 8.34. The van der Waals surface area contributed by atoms with E-state index in [0.29, 0.717) is 5.56 Å². The topological polar surface area (TPSA) is 58.6 Å². The second kappa shape index (κ2) is 7.78. The lowest BCUT2D eigenvalue weighted by atomic mass is 10.0. The van der Waals surface area contributed by atoms with Gasteiger partial charge in [-0.1, -0.05) is 30.3 Å². The molecule has 1 fully saturated rings. The molecule has 1 aliphatic rings. The Labute approximate surface area is 159 Å². The highest BCUT2D eigenvalue weighted by atomic mass is 32.2. The molecule has 2 atom stereocenters. The van der Waals surface area contributed by atoms with Gasteiger partial charge in [0.1, 0.15) is 11.1 Å². The number of rotatable bonds is 5. The smallest absolute Gasteiger partial charge is 0.297 e. The van der Waals surface area contributed by atoms with Crippen molar-refractivity contribution >= 4 is 10.0 Å². The lowest BCUT2D eigenvalue weighted by Crippen LogP contribution is -2.39. The Hall–Kier alpha value is -2.01. The fourth-order valence-corrected chi connectivity index (χ4v) is 4.61. The Morgan fingerprint density at radius 2 is 1.89 bits per heavy atom. The van der Waals surface area contributed by atoms with Gasteiger partial charge in [0, 0.05) is 13.6 Å². The van der Waals surface area contributed by atoms with Gasteiger partial charge >= 0.3 is 6.18 Å². The van der Waals surface area contributed by atoms with Crippen LogP contribution >= 0.6 is 0 Å². The summed E-state index contributed by atoms with van der Waals surface area (Å²) in [7, 11) is -2.43. The van der Waals surface area contributed by atoms with E-state index in [1.165, 1.54) is 42.4 Å². The van der Waals surface area contributed by atoms with E-state index >= 15 is 0 Å². The summed E-state index contributed by atoms with van der Waals surface area (Å²) in [5.74, 6) is -0.508. The summed E-state index contributed by atoms with van der Waals surface area (Å²) in [6, 6.07) is 9.20. The minimum Gasteiger partial charge on any atom is -0.297 e. The Morgan fingerprint density at radius 1 is 1.18 bits per heavy atom. The van der Waals surface area contributed by atoms with Gasteiger partial charge in [0.05, 0.1) is 18.2 Å². The van der Waals surface area contributed by atoms with E-state index in [1.54, 1.807) is 6.07 Å². The van der Waals surface area contributed by atoms with Gasteiger partial charge in [-0.05, 0) is 29.3 Å². The van der Waals surface area contributed by atoms with Crippen molar-refractivity contribution in [3.63, 3.8) is 0 Å².